The van der Waals surface area contributed by atoms with Crippen LogP contribution in [0.4, 0.5) is 4.39 Å². The van der Waals surface area contributed by atoms with Gasteiger partial charge in [0.05, 0.1) is 12.3 Å². The molecule has 7 nitrogen and oxygen atoms in total. The second-order valence-corrected chi connectivity index (χ2v) is 5.70. The topological polar surface area (TPSA) is 98.3 Å². The summed E-state index contributed by atoms with van der Waals surface area (Å²) in [4.78, 5) is 4.37. The summed E-state index contributed by atoms with van der Waals surface area (Å²) < 4.78 is 14.9. The molecule has 0 radical (unpaired) electrons. The molecule has 0 saturated heterocycles. The van der Waals surface area contributed by atoms with Gasteiger partial charge in [0.25, 0.3) is 0 Å². The number of thioether (sulfide) groups is 1. The van der Waals surface area contributed by atoms with Gasteiger partial charge in [-0.3, -0.25) is 9.67 Å². The zero-order valence-corrected chi connectivity index (χ0v) is 14.6. The number of rotatable bonds is 6. The van der Waals surface area contributed by atoms with Gasteiger partial charge in [-0.1, -0.05) is 18.7 Å². The predicted octanol–water partition coefficient (Wildman–Crippen LogP) is 2.26. The van der Waals surface area contributed by atoms with Crippen LogP contribution < -0.4 is 5.73 Å². The van der Waals surface area contributed by atoms with E-state index < -0.39 is 0 Å². The van der Waals surface area contributed by atoms with Crippen LogP contribution >= 0.6 is 24.2 Å². The number of nitrogens with one attached hydrogen (secondary N) is 1. The molecule has 24 heavy (non-hydrogen) atoms. The Balaban J connectivity index is 0.00000208. The molecule has 0 bridgehead atoms. The number of hydrogen-bond donors (Lipinski definition) is 2. The van der Waals surface area contributed by atoms with Crippen molar-refractivity contribution in [3.05, 3.63) is 47.6 Å². The Hall–Kier alpha value is -1.97. The van der Waals surface area contributed by atoms with Gasteiger partial charge < -0.3 is 5.73 Å². The molecule has 2 heterocycles. The Bertz CT molecular complexity index is 787. The van der Waals surface area contributed by atoms with Crippen LogP contribution in [-0.4, -0.2) is 29.9 Å². The summed E-state index contributed by atoms with van der Waals surface area (Å²) in [5.41, 5.74) is 6.49. The molecule has 0 aliphatic heterocycles. The lowest BCUT2D eigenvalue weighted by Gasteiger charge is -2.08. The van der Waals surface area contributed by atoms with Crippen LogP contribution in [0.25, 0.3) is 5.69 Å². The fourth-order valence-electron chi connectivity index (χ4n) is 2.07. The Morgan fingerprint density at radius 2 is 2.00 bits per heavy atom. The van der Waals surface area contributed by atoms with Crippen molar-refractivity contribution < 1.29 is 4.39 Å². The molecule has 3 rings (SSSR count). The van der Waals surface area contributed by atoms with Gasteiger partial charge in [-0.05, 0) is 24.3 Å². The molecule has 3 N–H and O–H groups in total. The van der Waals surface area contributed by atoms with Gasteiger partial charge in [-0.2, -0.15) is 5.10 Å². The summed E-state index contributed by atoms with van der Waals surface area (Å²) in [6.07, 6.45) is 0.782. The number of H-pyrrole nitrogens is 1. The van der Waals surface area contributed by atoms with Gasteiger partial charge in [-0.25, -0.2) is 9.37 Å². The van der Waals surface area contributed by atoms with E-state index in [2.05, 4.69) is 25.4 Å². The number of halogens is 2. The highest BCUT2D eigenvalue weighted by molar-refractivity contribution is 7.98. The second kappa shape index (κ2) is 8.22. The Kier molecular flexibility index (Phi) is 6.29. The van der Waals surface area contributed by atoms with E-state index in [1.807, 2.05) is 11.5 Å². The van der Waals surface area contributed by atoms with Crippen LogP contribution in [0.5, 0.6) is 0 Å². The smallest absolute Gasteiger partial charge is 0.196 e. The first-order valence-electron chi connectivity index (χ1n) is 7.14. The third-order valence-corrected chi connectivity index (χ3v) is 4.14. The van der Waals surface area contributed by atoms with Crippen LogP contribution in [0, 0.1) is 5.82 Å². The molecular formula is C14H17ClFN7S. The van der Waals surface area contributed by atoms with E-state index >= 15 is 0 Å². The monoisotopic (exact) mass is 369 g/mol. The fourth-order valence-corrected chi connectivity index (χ4v) is 2.90. The summed E-state index contributed by atoms with van der Waals surface area (Å²) in [6, 6.07) is 6.14. The van der Waals surface area contributed by atoms with Crippen molar-refractivity contribution in [1.29, 1.82) is 0 Å². The van der Waals surface area contributed by atoms with E-state index in [-0.39, 0.29) is 24.8 Å². The van der Waals surface area contributed by atoms with Crippen molar-refractivity contribution >= 4 is 24.2 Å². The minimum Gasteiger partial charge on any atom is -0.324 e. The molecular weight excluding hydrogens is 353 g/mol. The molecule has 0 aliphatic carbocycles. The Morgan fingerprint density at radius 1 is 1.25 bits per heavy atom. The highest BCUT2D eigenvalue weighted by Gasteiger charge is 2.14. The number of aromatic nitrogens is 6. The SMILES string of the molecule is CCc1n[nH]c(CSc2nnc(CN)n2-c2ccc(F)cc2)n1.Cl. The lowest BCUT2D eigenvalue weighted by atomic mass is 10.3. The van der Waals surface area contributed by atoms with Gasteiger partial charge in [-0.15, -0.1) is 22.6 Å². The van der Waals surface area contributed by atoms with Crippen molar-refractivity contribution in [3.8, 4) is 5.69 Å². The van der Waals surface area contributed by atoms with Crippen molar-refractivity contribution in [2.24, 2.45) is 5.73 Å². The number of aryl methyl sites for hydroxylation is 1. The molecule has 2 aromatic heterocycles. The van der Waals surface area contributed by atoms with Crippen LogP contribution in [0.1, 0.15) is 24.4 Å². The minimum atomic E-state index is -0.293. The molecule has 0 fully saturated rings. The number of nitrogens with zero attached hydrogens (tertiary/aromatic N) is 5. The normalized spacial score (nSPS) is 10.6. The number of aromatic amines is 1. The summed E-state index contributed by atoms with van der Waals surface area (Å²) in [5.74, 6) is 2.46. The van der Waals surface area contributed by atoms with Crippen molar-refractivity contribution in [2.75, 3.05) is 0 Å². The van der Waals surface area contributed by atoms with E-state index in [4.69, 9.17) is 5.73 Å². The number of hydrogen-bond acceptors (Lipinski definition) is 6. The summed E-state index contributed by atoms with van der Waals surface area (Å²) in [7, 11) is 0. The van der Waals surface area contributed by atoms with Gasteiger partial charge in [0.1, 0.15) is 17.5 Å². The molecule has 128 valence electrons. The first-order valence-corrected chi connectivity index (χ1v) is 8.13. The zero-order valence-electron chi connectivity index (χ0n) is 12.9. The third kappa shape index (κ3) is 3.92. The first kappa shape index (κ1) is 18.4. The average Bonchev–Trinajstić information content (AvgIpc) is 3.20. The summed E-state index contributed by atoms with van der Waals surface area (Å²) in [5, 5.41) is 15.9. The third-order valence-electron chi connectivity index (χ3n) is 3.20. The maximum Gasteiger partial charge on any atom is 0.196 e. The maximum absolute atomic E-state index is 13.1. The Labute approximate surface area is 148 Å². The van der Waals surface area contributed by atoms with Gasteiger partial charge in [0.2, 0.25) is 0 Å². The van der Waals surface area contributed by atoms with E-state index in [0.29, 0.717) is 16.7 Å². The van der Waals surface area contributed by atoms with E-state index in [1.54, 1.807) is 12.1 Å². The van der Waals surface area contributed by atoms with Gasteiger partial charge in [0, 0.05) is 12.1 Å². The lowest BCUT2D eigenvalue weighted by molar-refractivity contribution is 0.627. The molecule has 10 heteroatoms. The van der Waals surface area contributed by atoms with Crippen LogP contribution in [-0.2, 0) is 18.7 Å². The summed E-state index contributed by atoms with van der Waals surface area (Å²) in [6.45, 7) is 2.24. The Morgan fingerprint density at radius 3 is 2.62 bits per heavy atom. The van der Waals surface area contributed by atoms with Crippen molar-refractivity contribution in [1.82, 2.24) is 29.9 Å². The lowest BCUT2D eigenvalue weighted by Crippen LogP contribution is -2.07. The fraction of sp³-hybridized carbons (Fsp3) is 0.286. The van der Waals surface area contributed by atoms with Gasteiger partial charge >= 0.3 is 0 Å². The molecule has 0 saturated carbocycles. The minimum absolute atomic E-state index is 0. The molecule has 0 atom stereocenters. The predicted molar refractivity (Wildman–Crippen MR) is 91.8 cm³/mol. The van der Waals surface area contributed by atoms with E-state index in [1.165, 1.54) is 23.9 Å². The molecule has 0 unspecified atom stereocenters. The molecule has 1 aromatic carbocycles. The number of nitrogens with two attached hydrogens (primary N) is 1. The van der Waals surface area contributed by atoms with Crippen LogP contribution in [0.15, 0.2) is 29.4 Å². The highest BCUT2D eigenvalue weighted by atomic mass is 35.5. The van der Waals surface area contributed by atoms with Gasteiger partial charge in [0.15, 0.2) is 11.0 Å². The van der Waals surface area contributed by atoms with Crippen molar-refractivity contribution in [3.63, 3.8) is 0 Å². The van der Waals surface area contributed by atoms with Crippen LogP contribution in [0.3, 0.4) is 0 Å². The van der Waals surface area contributed by atoms with Crippen LogP contribution in [0.2, 0.25) is 0 Å². The highest BCUT2D eigenvalue weighted by Crippen LogP contribution is 2.24. The van der Waals surface area contributed by atoms with Crippen molar-refractivity contribution in [2.45, 2.75) is 30.8 Å². The zero-order chi connectivity index (χ0) is 16.2. The summed E-state index contributed by atoms with van der Waals surface area (Å²) >= 11 is 1.47. The first-order chi connectivity index (χ1) is 11.2. The van der Waals surface area contributed by atoms with E-state index in [9.17, 15) is 4.39 Å². The molecule has 0 spiro atoms. The van der Waals surface area contributed by atoms with E-state index in [0.717, 1.165) is 23.8 Å². The molecule has 0 aliphatic rings. The molecule has 0 amide bonds. The second-order valence-electron chi connectivity index (χ2n) is 4.76. The quantitative estimate of drug-likeness (QED) is 0.647. The largest absolute Gasteiger partial charge is 0.324 e. The average molecular weight is 370 g/mol. The standard InChI is InChI=1S/C14H16FN7S.ClH/c1-2-11-17-12(19-18-11)8-23-14-21-20-13(7-16)22(14)10-5-3-9(15)4-6-10;/h3-6H,2,7-8,16H2,1H3,(H,17,18,19);1H. The maximum atomic E-state index is 13.1. The number of benzene rings is 1. The molecule has 3 aromatic rings.